The topological polar surface area (TPSA) is 114 Å². The van der Waals surface area contributed by atoms with Crippen molar-refractivity contribution in [3.63, 3.8) is 0 Å². The molecular weight excluding hydrogens is 738 g/mol. The first-order valence-electron chi connectivity index (χ1n) is 19.9. The summed E-state index contributed by atoms with van der Waals surface area (Å²) in [4.78, 5) is 29.3. The van der Waals surface area contributed by atoms with E-state index < -0.39 is 27.8 Å². The molecule has 0 radical (unpaired) electrons. The van der Waals surface area contributed by atoms with Crippen molar-refractivity contribution in [2.24, 2.45) is 17.8 Å². The van der Waals surface area contributed by atoms with E-state index in [0.29, 0.717) is 48.6 Å². The van der Waals surface area contributed by atoms with E-state index in [1.807, 2.05) is 74.2 Å². The number of hydrogen-bond acceptors (Lipinski definition) is 7. The zero-order valence-corrected chi connectivity index (χ0v) is 33.7. The number of carbonyl (C=O) groups excluding carboxylic acids is 2. The zero-order chi connectivity index (χ0) is 38.7. The quantitative estimate of drug-likeness (QED) is 0.220. The van der Waals surface area contributed by atoms with Crippen LogP contribution in [0.25, 0.3) is 11.1 Å². The highest BCUT2D eigenvalue weighted by Crippen LogP contribution is 2.39. The maximum Gasteiger partial charge on any atom is 0.407 e. The number of ether oxygens (including phenoxy) is 3. The molecule has 3 aromatic carbocycles. The highest BCUT2D eigenvalue weighted by Gasteiger charge is 2.48. The second kappa shape index (κ2) is 16.7. The summed E-state index contributed by atoms with van der Waals surface area (Å²) in [7, 11) is -4.05. The Morgan fingerprint density at radius 2 is 1.40 bits per heavy atom. The van der Waals surface area contributed by atoms with Crippen molar-refractivity contribution in [3.8, 4) is 22.6 Å². The minimum Gasteiger partial charge on any atom is -0.493 e. The van der Waals surface area contributed by atoms with E-state index in [1.54, 1.807) is 24.3 Å². The van der Waals surface area contributed by atoms with Crippen molar-refractivity contribution >= 4 is 33.6 Å². The number of hydrogen-bond donors (Lipinski definition) is 1. The SMILES string of the molecule is CC(C)(C)OC(=O)NC1C2CCC1CN(C(=O)[C@H]1C[C@@H](Oc3ccc(-c4ccc(Cl)cc4)cc3)CCN1S(=O)(=O)c1ccc(OCC3CCCCC3)cc1)C2. The van der Waals surface area contributed by atoms with Crippen LogP contribution in [0.1, 0.15) is 78.6 Å². The number of fused-ring (bicyclic) bond motifs is 2. The van der Waals surface area contributed by atoms with Crippen molar-refractivity contribution < 1.29 is 32.2 Å². The molecule has 2 saturated carbocycles. The van der Waals surface area contributed by atoms with Crippen LogP contribution < -0.4 is 14.8 Å². The summed E-state index contributed by atoms with van der Waals surface area (Å²) in [6.45, 7) is 7.14. The van der Waals surface area contributed by atoms with Crippen molar-refractivity contribution in [2.45, 2.75) is 107 Å². The fraction of sp³-hybridized carbons (Fsp3) is 0.535. The smallest absolute Gasteiger partial charge is 0.407 e. The van der Waals surface area contributed by atoms with Crippen LogP contribution in [0.2, 0.25) is 5.02 Å². The van der Waals surface area contributed by atoms with Gasteiger partial charge in [0.2, 0.25) is 15.9 Å². The van der Waals surface area contributed by atoms with E-state index in [2.05, 4.69) is 5.32 Å². The first-order chi connectivity index (χ1) is 26.3. The molecule has 1 N–H and O–H groups in total. The summed E-state index contributed by atoms with van der Waals surface area (Å²) >= 11 is 6.08. The van der Waals surface area contributed by atoms with Crippen LogP contribution in [0.5, 0.6) is 11.5 Å². The lowest BCUT2D eigenvalue weighted by molar-refractivity contribution is -0.140. The van der Waals surface area contributed by atoms with Crippen LogP contribution in [-0.2, 0) is 19.6 Å². The Balaban J connectivity index is 1.07. The van der Waals surface area contributed by atoms with E-state index in [0.717, 1.165) is 36.8 Å². The minimum atomic E-state index is -4.05. The van der Waals surface area contributed by atoms with E-state index in [-0.39, 0.29) is 47.7 Å². The molecule has 10 nitrogen and oxygen atoms in total. The Bertz CT molecular complexity index is 1880. The van der Waals surface area contributed by atoms with Gasteiger partial charge in [-0.2, -0.15) is 4.31 Å². The third-order valence-electron chi connectivity index (χ3n) is 11.6. The standard InChI is InChI=1S/C43H54ClN3O7S/c1-43(2,3)54-42(49)45-40-32-9-10-33(40)27-46(26-32)41(48)39-25-37(53-36-17-13-31(14-18-36)30-11-15-34(44)16-12-30)23-24-47(39)55(50,51)38-21-19-35(20-22-38)52-28-29-7-5-4-6-8-29/h11-22,29,32-33,37,39-40H,4-10,23-28H2,1-3H3,(H,45,49)/t32?,33?,37-,39+,40?/m0/s1. The molecule has 55 heavy (non-hydrogen) atoms. The number of likely N-dealkylation sites (tertiary alicyclic amines) is 1. The van der Waals surface area contributed by atoms with Crippen molar-refractivity contribution in [1.29, 1.82) is 0 Å². The average Bonchev–Trinajstić information content (AvgIpc) is 3.38. The molecule has 2 amide bonds. The van der Waals surface area contributed by atoms with Crippen LogP contribution in [0.4, 0.5) is 4.79 Å². The monoisotopic (exact) mass is 791 g/mol. The Kier molecular flexibility index (Phi) is 12.0. The van der Waals surface area contributed by atoms with Gasteiger partial charge in [0.05, 0.1) is 11.5 Å². The molecule has 12 heteroatoms. The maximum absolute atomic E-state index is 14.6. The number of sulfonamides is 1. The Morgan fingerprint density at radius 3 is 2.02 bits per heavy atom. The lowest BCUT2D eigenvalue weighted by atomic mass is 9.90. The Morgan fingerprint density at radius 1 is 0.800 bits per heavy atom. The average molecular weight is 792 g/mol. The van der Waals surface area contributed by atoms with Gasteiger partial charge < -0.3 is 24.4 Å². The minimum absolute atomic E-state index is 0.0521. The molecule has 296 valence electrons. The molecule has 0 spiro atoms. The molecule has 4 fully saturated rings. The normalized spacial score (nSPS) is 24.9. The third-order valence-corrected chi connectivity index (χ3v) is 13.8. The largest absolute Gasteiger partial charge is 0.493 e. The first kappa shape index (κ1) is 39.4. The number of alkyl carbamates (subject to hydrolysis) is 1. The van der Waals surface area contributed by atoms with Gasteiger partial charge in [0.25, 0.3) is 0 Å². The van der Waals surface area contributed by atoms with Crippen molar-refractivity contribution in [3.05, 3.63) is 77.8 Å². The molecule has 2 aliphatic carbocycles. The van der Waals surface area contributed by atoms with E-state index >= 15 is 0 Å². The number of nitrogens with zero attached hydrogens (tertiary/aromatic N) is 2. The maximum atomic E-state index is 14.6. The van der Waals surface area contributed by atoms with E-state index in [1.165, 1.54) is 23.6 Å². The summed E-state index contributed by atoms with van der Waals surface area (Å²) in [5.41, 5.74) is 1.43. The van der Waals surface area contributed by atoms with Gasteiger partial charge in [-0.25, -0.2) is 13.2 Å². The highest BCUT2D eigenvalue weighted by atomic mass is 35.5. The molecule has 7 rings (SSSR count). The molecule has 2 bridgehead atoms. The first-order valence-corrected chi connectivity index (χ1v) is 21.7. The van der Waals surface area contributed by atoms with Gasteiger partial charge in [0.15, 0.2) is 0 Å². The summed E-state index contributed by atoms with van der Waals surface area (Å²) in [6, 6.07) is 21.0. The second-order valence-electron chi connectivity index (χ2n) is 16.7. The summed E-state index contributed by atoms with van der Waals surface area (Å²) < 4.78 is 48.2. The van der Waals surface area contributed by atoms with Gasteiger partial charge >= 0.3 is 6.09 Å². The number of nitrogens with one attached hydrogen (secondary N) is 1. The zero-order valence-electron chi connectivity index (χ0n) is 32.1. The van der Waals surface area contributed by atoms with Crippen LogP contribution in [0, 0.1) is 17.8 Å². The summed E-state index contributed by atoms with van der Waals surface area (Å²) in [6.07, 6.45) is 7.61. The lowest BCUT2D eigenvalue weighted by Gasteiger charge is -2.43. The summed E-state index contributed by atoms with van der Waals surface area (Å²) in [5.74, 6) is 1.70. The molecule has 2 heterocycles. The highest BCUT2D eigenvalue weighted by molar-refractivity contribution is 7.89. The molecule has 3 aromatic rings. The lowest BCUT2D eigenvalue weighted by Crippen LogP contribution is -2.60. The Labute approximate surface area is 330 Å². The molecule has 4 atom stereocenters. The van der Waals surface area contributed by atoms with Crippen molar-refractivity contribution in [2.75, 3.05) is 26.2 Å². The fourth-order valence-corrected chi connectivity index (χ4v) is 10.5. The number of amides is 2. The molecule has 2 saturated heterocycles. The van der Waals surface area contributed by atoms with E-state index in [9.17, 15) is 18.0 Å². The number of benzene rings is 3. The number of halogens is 1. The third kappa shape index (κ3) is 9.60. The van der Waals surface area contributed by atoms with Gasteiger partial charge in [-0.15, -0.1) is 0 Å². The summed E-state index contributed by atoms with van der Waals surface area (Å²) in [5, 5.41) is 3.75. The Hall–Kier alpha value is -3.80. The second-order valence-corrected chi connectivity index (χ2v) is 19.1. The molecule has 4 aliphatic rings. The predicted octanol–water partition coefficient (Wildman–Crippen LogP) is 8.33. The predicted molar refractivity (Wildman–Crippen MR) is 213 cm³/mol. The number of carbonyl (C=O) groups is 2. The molecule has 0 aromatic heterocycles. The van der Waals surface area contributed by atoms with Crippen LogP contribution >= 0.6 is 11.6 Å². The van der Waals surface area contributed by atoms with Crippen molar-refractivity contribution in [1.82, 2.24) is 14.5 Å². The van der Waals surface area contributed by atoms with Gasteiger partial charge in [-0.3, -0.25) is 4.79 Å². The van der Waals surface area contributed by atoms with Gasteiger partial charge in [-0.1, -0.05) is 55.1 Å². The van der Waals surface area contributed by atoms with Crippen LogP contribution in [0.3, 0.4) is 0 Å². The molecule has 2 unspecified atom stereocenters. The van der Waals surface area contributed by atoms with Gasteiger partial charge in [-0.05, 0) is 130 Å². The van der Waals surface area contributed by atoms with E-state index in [4.69, 9.17) is 25.8 Å². The molecular formula is C43H54ClN3O7S. The molecule has 2 aliphatic heterocycles. The van der Waals surface area contributed by atoms with Gasteiger partial charge in [0.1, 0.15) is 29.2 Å². The van der Waals surface area contributed by atoms with Crippen LogP contribution in [-0.4, -0.2) is 79.7 Å². The fourth-order valence-electron chi connectivity index (χ4n) is 8.79. The van der Waals surface area contributed by atoms with Gasteiger partial charge in [0, 0.05) is 37.1 Å². The number of rotatable bonds is 10. The number of piperidine rings is 2. The van der Waals surface area contributed by atoms with Crippen LogP contribution in [0.15, 0.2) is 77.7 Å².